The minimum atomic E-state index is -3.72. The van der Waals surface area contributed by atoms with Gasteiger partial charge in [-0.05, 0) is 44.9 Å². The lowest BCUT2D eigenvalue weighted by Gasteiger charge is -2.33. The van der Waals surface area contributed by atoms with Gasteiger partial charge in [0.2, 0.25) is 15.6 Å². The van der Waals surface area contributed by atoms with Gasteiger partial charge in [0.05, 0.1) is 23.7 Å². The van der Waals surface area contributed by atoms with E-state index in [0.29, 0.717) is 37.2 Å². The van der Waals surface area contributed by atoms with Crippen LogP contribution in [0, 0.1) is 0 Å². The highest BCUT2D eigenvalue weighted by Gasteiger charge is 2.31. The van der Waals surface area contributed by atoms with E-state index < -0.39 is 10.0 Å². The standard InChI is InChI=1S/C22H29N3O5S/c1-15(2)25(16-5-3-4-6-16)22(27)19-14-21(26)23-20-8-7-17(13-18(19)20)31(28,29)24-9-11-30-12-10-24/h7-8,13-16H,3-6,9-12H2,1-2H3,(H,23,26). The van der Waals surface area contributed by atoms with Gasteiger partial charge in [-0.25, -0.2) is 8.42 Å². The predicted molar refractivity (Wildman–Crippen MR) is 118 cm³/mol. The Balaban J connectivity index is 1.80. The molecular weight excluding hydrogens is 418 g/mol. The van der Waals surface area contributed by atoms with E-state index >= 15 is 0 Å². The Morgan fingerprint density at radius 1 is 1.16 bits per heavy atom. The zero-order valence-electron chi connectivity index (χ0n) is 18.0. The maximum Gasteiger partial charge on any atom is 0.255 e. The fourth-order valence-corrected chi connectivity index (χ4v) is 6.08. The van der Waals surface area contributed by atoms with Crippen molar-refractivity contribution in [3.05, 3.63) is 40.2 Å². The average molecular weight is 448 g/mol. The van der Waals surface area contributed by atoms with E-state index in [9.17, 15) is 18.0 Å². The van der Waals surface area contributed by atoms with Gasteiger partial charge in [0, 0.05) is 42.1 Å². The van der Waals surface area contributed by atoms with Gasteiger partial charge < -0.3 is 14.6 Å². The summed E-state index contributed by atoms with van der Waals surface area (Å²) < 4.78 is 32.9. The van der Waals surface area contributed by atoms with E-state index in [1.807, 2.05) is 18.7 Å². The van der Waals surface area contributed by atoms with Gasteiger partial charge in [-0.15, -0.1) is 0 Å². The maximum absolute atomic E-state index is 13.6. The van der Waals surface area contributed by atoms with E-state index in [4.69, 9.17) is 4.74 Å². The zero-order chi connectivity index (χ0) is 22.2. The molecule has 0 spiro atoms. The molecule has 8 nitrogen and oxygen atoms in total. The molecule has 2 aliphatic rings. The third-order valence-corrected chi connectivity index (χ3v) is 8.06. The van der Waals surface area contributed by atoms with Crippen molar-refractivity contribution in [1.82, 2.24) is 14.2 Å². The molecule has 9 heteroatoms. The smallest absolute Gasteiger partial charge is 0.255 e. The highest BCUT2D eigenvalue weighted by atomic mass is 32.2. The summed E-state index contributed by atoms with van der Waals surface area (Å²) in [5.74, 6) is -0.223. The quantitative estimate of drug-likeness (QED) is 0.758. The van der Waals surface area contributed by atoms with Crippen molar-refractivity contribution >= 4 is 26.8 Å². The molecule has 2 fully saturated rings. The minimum absolute atomic E-state index is 0.0230. The van der Waals surface area contributed by atoms with Crippen molar-refractivity contribution in [2.45, 2.75) is 56.5 Å². The van der Waals surface area contributed by atoms with Crippen LogP contribution in [-0.4, -0.2) is 66.9 Å². The van der Waals surface area contributed by atoms with Crippen LogP contribution in [0.25, 0.3) is 10.9 Å². The second kappa shape index (κ2) is 8.72. The Morgan fingerprint density at radius 2 is 1.84 bits per heavy atom. The van der Waals surface area contributed by atoms with Crippen LogP contribution < -0.4 is 5.56 Å². The Labute approximate surface area is 182 Å². The molecule has 1 aliphatic heterocycles. The Kier molecular flexibility index (Phi) is 6.18. The number of pyridine rings is 1. The van der Waals surface area contributed by atoms with Gasteiger partial charge in [0.15, 0.2) is 0 Å². The summed E-state index contributed by atoms with van der Waals surface area (Å²) in [5, 5.41) is 0.447. The molecule has 1 aromatic carbocycles. The normalized spacial score (nSPS) is 18.7. The number of hydrogen-bond donors (Lipinski definition) is 1. The predicted octanol–water partition coefficient (Wildman–Crippen LogP) is 2.34. The minimum Gasteiger partial charge on any atom is -0.379 e. The Hall–Kier alpha value is -2.23. The molecule has 1 aromatic heterocycles. The van der Waals surface area contributed by atoms with Crippen molar-refractivity contribution in [3.8, 4) is 0 Å². The number of ether oxygens (including phenoxy) is 1. The number of morpholine rings is 1. The molecule has 1 aliphatic carbocycles. The molecule has 1 saturated heterocycles. The number of rotatable bonds is 5. The zero-order valence-corrected chi connectivity index (χ0v) is 18.8. The van der Waals surface area contributed by atoms with Crippen LogP contribution in [0.3, 0.4) is 0 Å². The van der Waals surface area contributed by atoms with Gasteiger partial charge in [-0.3, -0.25) is 9.59 Å². The Morgan fingerprint density at radius 3 is 2.48 bits per heavy atom. The van der Waals surface area contributed by atoms with E-state index in [-0.39, 0.29) is 34.0 Å². The highest BCUT2D eigenvalue weighted by Crippen LogP contribution is 2.29. The van der Waals surface area contributed by atoms with E-state index in [1.54, 1.807) is 6.07 Å². The molecule has 1 amide bonds. The second-order valence-corrected chi connectivity index (χ2v) is 10.5. The topological polar surface area (TPSA) is 99.8 Å². The number of amides is 1. The summed E-state index contributed by atoms with van der Waals surface area (Å²) in [6.07, 6.45) is 4.06. The monoisotopic (exact) mass is 447 g/mol. The van der Waals surface area contributed by atoms with E-state index in [2.05, 4.69) is 4.98 Å². The van der Waals surface area contributed by atoms with Crippen LogP contribution in [0.15, 0.2) is 34.0 Å². The third-order valence-electron chi connectivity index (χ3n) is 6.16. The molecule has 1 saturated carbocycles. The lowest BCUT2D eigenvalue weighted by atomic mass is 10.0. The maximum atomic E-state index is 13.6. The first kappa shape index (κ1) is 22.0. The van der Waals surface area contributed by atoms with Crippen molar-refractivity contribution in [2.75, 3.05) is 26.3 Å². The van der Waals surface area contributed by atoms with Crippen molar-refractivity contribution in [1.29, 1.82) is 0 Å². The number of hydrogen-bond acceptors (Lipinski definition) is 5. The molecule has 168 valence electrons. The summed E-state index contributed by atoms with van der Waals surface area (Å²) in [4.78, 5) is 30.6. The fourth-order valence-electron chi connectivity index (χ4n) is 4.65. The van der Waals surface area contributed by atoms with Gasteiger partial charge >= 0.3 is 0 Å². The molecule has 2 aromatic rings. The number of aromatic amines is 1. The van der Waals surface area contributed by atoms with Crippen LogP contribution in [0.1, 0.15) is 49.9 Å². The number of sulfonamides is 1. The number of aromatic nitrogens is 1. The fraction of sp³-hybridized carbons (Fsp3) is 0.545. The van der Waals surface area contributed by atoms with Gasteiger partial charge in [-0.2, -0.15) is 4.31 Å². The lowest BCUT2D eigenvalue weighted by molar-refractivity contribution is 0.0615. The average Bonchev–Trinajstić information content (AvgIpc) is 3.27. The molecule has 2 heterocycles. The van der Waals surface area contributed by atoms with Crippen LogP contribution in [0.2, 0.25) is 0 Å². The number of benzene rings is 1. The number of carbonyl (C=O) groups is 1. The molecule has 0 unspecified atom stereocenters. The first-order chi connectivity index (χ1) is 14.8. The first-order valence-corrected chi connectivity index (χ1v) is 12.3. The molecule has 4 rings (SSSR count). The number of nitrogens with one attached hydrogen (secondary N) is 1. The SMILES string of the molecule is CC(C)N(C(=O)c1cc(=O)[nH]c2ccc(S(=O)(=O)N3CCOCC3)cc12)C1CCCC1. The number of fused-ring (bicyclic) bond motifs is 1. The molecular formula is C22H29N3O5S. The summed E-state index contributed by atoms with van der Waals surface area (Å²) in [6, 6.07) is 5.97. The molecule has 0 bridgehead atoms. The summed E-state index contributed by atoms with van der Waals surface area (Å²) >= 11 is 0. The third kappa shape index (κ3) is 4.26. The van der Waals surface area contributed by atoms with Gasteiger partial charge in [0.1, 0.15) is 0 Å². The van der Waals surface area contributed by atoms with E-state index in [1.165, 1.54) is 22.5 Å². The summed E-state index contributed by atoms with van der Waals surface area (Å²) in [6.45, 7) is 5.24. The molecule has 0 radical (unpaired) electrons. The van der Waals surface area contributed by atoms with Gasteiger partial charge in [-0.1, -0.05) is 12.8 Å². The Bertz CT molecular complexity index is 1130. The molecule has 0 atom stereocenters. The summed E-state index contributed by atoms with van der Waals surface area (Å²) in [5.41, 5.74) is 0.319. The van der Waals surface area contributed by atoms with Crippen LogP contribution in [0.5, 0.6) is 0 Å². The van der Waals surface area contributed by atoms with Crippen LogP contribution in [-0.2, 0) is 14.8 Å². The van der Waals surface area contributed by atoms with Crippen molar-refractivity contribution in [3.63, 3.8) is 0 Å². The first-order valence-electron chi connectivity index (χ1n) is 10.9. The van der Waals surface area contributed by atoms with Crippen LogP contribution >= 0.6 is 0 Å². The van der Waals surface area contributed by atoms with Gasteiger partial charge in [0.25, 0.3) is 5.91 Å². The lowest BCUT2D eigenvalue weighted by Crippen LogP contribution is -2.44. The second-order valence-electron chi connectivity index (χ2n) is 8.52. The highest BCUT2D eigenvalue weighted by molar-refractivity contribution is 7.89. The molecule has 31 heavy (non-hydrogen) atoms. The largest absolute Gasteiger partial charge is 0.379 e. The summed E-state index contributed by atoms with van der Waals surface area (Å²) in [7, 11) is -3.72. The van der Waals surface area contributed by atoms with Crippen molar-refractivity contribution in [2.24, 2.45) is 0 Å². The molecule has 1 N–H and O–H groups in total. The number of H-pyrrole nitrogens is 1. The number of carbonyl (C=O) groups excluding carboxylic acids is 1. The van der Waals surface area contributed by atoms with Crippen LogP contribution in [0.4, 0.5) is 0 Å². The van der Waals surface area contributed by atoms with E-state index in [0.717, 1.165) is 25.7 Å². The van der Waals surface area contributed by atoms with Crippen molar-refractivity contribution < 1.29 is 17.9 Å². The number of nitrogens with zero attached hydrogens (tertiary/aromatic N) is 2.